The number of carbonyl (C=O) groups is 2. The van der Waals surface area contributed by atoms with E-state index in [2.05, 4.69) is 0 Å². The molecule has 120 valence electrons. The molecule has 0 bridgehead atoms. The van der Waals surface area contributed by atoms with Gasteiger partial charge in [0.2, 0.25) is 0 Å². The van der Waals surface area contributed by atoms with Crippen molar-refractivity contribution in [3.8, 4) is 0 Å². The van der Waals surface area contributed by atoms with E-state index in [0.717, 1.165) is 25.9 Å². The third-order valence-electron chi connectivity index (χ3n) is 3.85. The highest BCUT2D eigenvalue weighted by Crippen LogP contribution is 2.15. The zero-order valence-corrected chi connectivity index (χ0v) is 12.3. The van der Waals surface area contributed by atoms with Crippen molar-refractivity contribution in [3.63, 3.8) is 0 Å². The summed E-state index contributed by atoms with van der Waals surface area (Å²) in [6.07, 6.45) is 2.49. The molecule has 3 atom stereocenters. The lowest BCUT2D eigenvalue weighted by atomic mass is 10.1. The van der Waals surface area contributed by atoms with E-state index < -0.39 is 18.1 Å². The number of aliphatic carboxylic acids is 1. The topological polar surface area (TPSA) is 85.3 Å². The summed E-state index contributed by atoms with van der Waals surface area (Å²) < 4.78 is 16.2. The highest BCUT2D eigenvalue weighted by molar-refractivity contribution is 5.86. The van der Waals surface area contributed by atoms with E-state index >= 15 is 0 Å². The number of carbonyl (C=O) groups excluding carboxylic acids is 1. The molecule has 0 aromatic heterocycles. The van der Waals surface area contributed by atoms with Gasteiger partial charge in [-0.1, -0.05) is 0 Å². The van der Waals surface area contributed by atoms with E-state index in [9.17, 15) is 9.59 Å². The van der Waals surface area contributed by atoms with E-state index in [1.807, 2.05) is 0 Å². The molecule has 0 radical (unpaired) electrons. The molecule has 2 aliphatic heterocycles. The Morgan fingerprint density at radius 3 is 2.86 bits per heavy atom. The standard InChI is InChI=1S/C14H23NO6/c1-10(21-8-11-4-2-3-6-20-11)13(16)15-5-7-19-9-12(15)14(17)18/h10-12H,2-9H2,1H3,(H,17,18). The molecule has 2 aliphatic rings. The van der Waals surface area contributed by atoms with Gasteiger partial charge in [-0.25, -0.2) is 4.79 Å². The normalized spacial score (nSPS) is 28.1. The molecule has 3 unspecified atom stereocenters. The minimum absolute atomic E-state index is 0.0273. The first-order chi connectivity index (χ1) is 10.1. The van der Waals surface area contributed by atoms with Crippen LogP contribution in [0.3, 0.4) is 0 Å². The molecule has 2 saturated heterocycles. The van der Waals surface area contributed by atoms with Crippen LogP contribution in [0.25, 0.3) is 0 Å². The van der Waals surface area contributed by atoms with Gasteiger partial charge in [-0.15, -0.1) is 0 Å². The average Bonchev–Trinajstić information content (AvgIpc) is 2.52. The van der Waals surface area contributed by atoms with Crippen molar-refractivity contribution in [1.29, 1.82) is 0 Å². The fourth-order valence-electron chi connectivity index (χ4n) is 2.57. The van der Waals surface area contributed by atoms with Crippen LogP contribution in [-0.4, -0.2) is 73.1 Å². The minimum Gasteiger partial charge on any atom is -0.480 e. The maximum Gasteiger partial charge on any atom is 0.328 e. The first-order valence-corrected chi connectivity index (χ1v) is 7.44. The molecule has 7 heteroatoms. The predicted molar refractivity (Wildman–Crippen MR) is 73.0 cm³/mol. The van der Waals surface area contributed by atoms with Crippen LogP contribution in [0.2, 0.25) is 0 Å². The molecule has 2 rings (SSSR count). The summed E-state index contributed by atoms with van der Waals surface area (Å²) in [6, 6.07) is -0.928. The summed E-state index contributed by atoms with van der Waals surface area (Å²) in [5, 5.41) is 9.14. The van der Waals surface area contributed by atoms with Gasteiger partial charge in [-0.3, -0.25) is 4.79 Å². The fourth-order valence-corrected chi connectivity index (χ4v) is 2.57. The van der Waals surface area contributed by atoms with Crippen LogP contribution < -0.4 is 0 Å². The molecule has 2 fully saturated rings. The second-order valence-corrected chi connectivity index (χ2v) is 5.42. The van der Waals surface area contributed by atoms with Crippen molar-refractivity contribution in [2.75, 3.05) is 33.0 Å². The average molecular weight is 301 g/mol. The lowest BCUT2D eigenvalue weighted by Crippen LogP contribution is -2.55. The van der Waals surface area contributed by atoms with Crippen molar-refractivity contribution in [2.24, 2.45) is 0 Å². The number of carboxylic acid groups (broad SMARTS) is 1. The van der Waals surface area contributed by atoms with Gasteiger partial charge in [-0.2, -0.15) is 0 Å². The fraction of sp³-hybridized carbons (Fsp3) is 0.857. The second kappa shape index (κ2) is 7.72. The van der Waals surface area contributed by atoms with Crippen molar-refractivity contribution in [2.45, 2.75) is 44.4 Å². The smallest absolute Gasteiger partial charge is 0.328 e. The van der Waals surface area contributed by atoms with Crippen molar-refractivity contribution < 1.29 is 28.9 Å². The Kier molecular flexibility index (Phi) is 5.96. The summed E-state index contributed by atoms with van der Waals surface area (Å²) in [7, 11) is 0. The Morgan fingerprint density at radius 2 is 2.19 bits per heavy atom. The molecule has 1 N–H and O–H groups in total. The Morgan fingerprint density at radius 1 is 1.38 bits per heavy atom. The van der Waals surface area contributed by atoms with Gasteiger partial charge in [0.25, 0.3) is 5.91 Å². The zero-order chi connectivity index (χ0) is 15.2. The van der Waals surface area contributed by atoms with Crippen LogP contribution in [-0.2, 0) is 23.8 Å². The van der Waals surface area contributed by atoms with Crippen molar-refractivity contribution >= 4 is 11.9 Å². The summed E-state index contributed by atoms with van der Waals surface area (Å²) in [5.41, 5.74) is 0. The second-order valence-electron chi connectivity index (χ2n) is 5.42. The summed E-state index contributed by atoms with van der Waals surface area (Å²) in [5.74, 6) is -1.35. The summed E-state index contributed by atoms with van der Waals surface area (Å²) >= 11 is 0. The van der Waals surface area contributed by atoms with Crippen LogP contribution in [0.15, 0.2) is 0 Å². The largest absolute Gasteiger partial charge is 0.480 e. The number of hydrogen-bond acceptors (Lipinski definition) is 5. The lowest BCUT2D eigenvalue weighted by molar-refractivity contribution is -0.165. The molecule has 0 aliphatic carbocycles. The predicted octanol–water partition coefficient (Wildman–Crippen LogP) is 0.273. The molecule has 0 saturated carbocycles. The maximum atomic E-state index is 12.3. The van der Waals surface area contributed by atoms with Crippen LogP contribution in [0.5, 0.6) is 0 Å². The number of carboxylic acids is 1. The Labute approximate surface area is 124 Å². The monoisotopic (exact) mass is 301 g/mol. The summed E-state index contributed by atoms with van der Waals surface area (Å²) in [6.45, 7) is 3.42. The van der Waals surface area contributed by atoms with Gasteiger partial charge in [0.15, 0.2) is 6.04 Å². The van der Waals surface area contributed by atoms with E-state index in [0.29, 0.717) is 13.2 Å². The number of rotatable bonds is 5. The Hall–Kier alpha value is -1.18. The first-order valence-electron chi connectivity index (χ1n) is 7.44. The Balaban J connectivity index is 1.83. The van der Waals surface area contributed by atoms with Crippen LogP contribution in [0.1, 0.15) is 26.2 Å². The van der Waals surface area contributed by atoms with Crippen molar-refractivity contribution in [1.82, 2.24) is 4.90 Å². The van der Waals surface area contributed by atoms with Gasteiger partial charge >= 0.3 is 5.97 Å². The molecule has 7 nitrogen and oxygen atoms in total. The first kappa shape index (κ1) is 16.2. The quantitative estimate of drug-likeness (QED) is 0.784. The molecule has 0 aromatic carbocycles. The molecule has 2 heterocycles. The van der Waals surface area contributed by atoms with Gasteiger partial charge < -0.3 is 24.2 Å². The van der Waals surface area contributed by atoms with E-state index in [4.69, 9.17) is 19.3 Å². The lowest BCUT2D eigenvalue weighted by Gasteiger charge is -2.34. The zero-order valence-electron chi connectivity index (χ0n) is 12.3. The van der Waals surface area contributed by atoms with Gasteiger partial charge in [0.1, 0.15) is 6.10 Å². The third-order valence-corrected chi connectivity index (χ3v) is 3.85. The maximum absolute atomic E-state index is 12.3. The molecule has 0 aromatic rings. The number of morpholine rings is 1. The number of hydrogen-bond donors (Lipinski definition) is 1. The Bertz CT molecular complexity index is 368. The van der Waals surface area contributed by atoms with Crippen LogP contribution >= 0.6 is 0 Å². The molecular weight excluding hydrogens is 278 g/mol. The van der Waals surface area contributed by atoms with Gasteiger partial charge in [0.05, 0.1) is 25.9 Å². The van der Waals surface area contributed by atoms with Crippen LogP contribution in [0, 0.1) is 0 Å². The number of amides is 1. The van der Waals surface area contributed by atoms with Crippen molar-refractivity contribution in [3.05, 3.63) is 0 Å². The van der Waals surface area contributed by atoms with E-state index in [-0.39, 0.29) is 25.2 Å². The highest BCUT2D eigenvalue weighted by Gasteiger charge is 2.35. The molecule has 21 heavy (non-hydrogen) atoms. The summed E-state index contributed by atoms with van der Waals surface area (Å²) in [4.78, 5) is 24.8. The molecule has 1 amide bonds. The van der Waals surface area contributed by atoms with E-state index in [1.165, 1.54) is 4.90 Å². The molecule has 0 spiro atoms. The van der Waals surface area contributed by atoms with Gasteiger partial charge in [0, 0.05) is 13.2 Å². The SMILES string of the molecule is CC(OCC1CCCCO1)C(=O)N1CCOCC1C(=O)O. The van der Waals surface area contributed by atoms with E-state index in [1.54, 1.807) is 6.92 Å². The number of ether oxygens (including phenoxy) is 3. The number of nitrogens with zero attached hydrogens (tertiary/aromatic N) is 1. The van der Waals surface area contributed by atoms with Crippen LogP contribution in [0.4, 0.5) is 0 Å². The van der Waals surface area contributed by atoms with Gasteiger partial charge in [-0.05, 0) is 26.2 Å². The third kappa shape index (κ3) is 4.39. The molecular formula is C14H23NO6. The minimum atomic E-state index is -1.05. The highest BCUT2D eigenvalue weighted by atomic mass is 16.5.